The maximum Gasteiger partial charge on any atom is 0.257 e. The van der Waals surface area contributed by atoms with Gasteiger partial charge in [0.2, 0.25) is 5.91 Å². The van der Waals surface area contributed by atoms with Gasteiger partial charge in [0.15, 0.2) is 5.03 Å². The average Bonchev–Trinajstić information content (AvgIpc) is 2.99. The van der Waals surface area contributed by atoms with Gasteiger partial charge in [-0.25, -0.2) is 18.1 Å². The molecule has 0 saturated heterocycles. The van der Waals surface area contributed by atoms with Gasteiger partial charge in [-0.3, -0.25) is 4.79 Å². The standard InChI is InChI=1S/C9H14N4O3S/c14-9(7-1-2-7)11-3-4-13-17(15,16)8-5-10-6-12-8/h5-7,13H,1-4H2,(H,10,12)(H,11,14). The molecule has 0 spiro atoms. The number of carbonyl (C=O) groups excluding carboxylic acids is 1. The van der Waals surface area contributed by atoms with Gasteiger partial charge in [-0.2, -0.15) is 0 Å². The number of amides is 1. The molecule has 94 valence electrons. The number of sulfonamides is 1. The van der Waals surface area contributed by atoms with E-state index in [9.17, 15) is 13.2 Å². The van der Waals surface area contributed by atoms with E-state index >= 15 is 0 Å². The molecule has 1 aromatic heterocycles. The summed E-state index contributed by atoms with van der Waals surface area (Å²) in [5.74, 6) is 0.143. The Balaban J connectivity index is 1.72. The third-order valence-electron chi connectivity index (χ3n) is 2.43. The van der Waals surface area contributed by atoms with Crippen molar-refractivity contribution >= 4 is 15.9 Å². The largest absolute Gasteiger partial charge is 0.355 e. The molecular formula is C9H14N4O3S. The summed E-state index contributed by atoms with van der Waals surface area (Å²) < 4.78 is 25.5. The zero-order chi connectivity index (χ0) is 12.3. The number of nitrogens with zero attached hydrogens (tertiary/aromatic N) is 1. The number of carbonyl (C=O) groups is 1. The summed E-state index contributed by atoms with van der Waals surface area (Å²) in [6, 6.07) is 0. The Morgan fingerprint density at radius 1 is 1.47 bits per heavy atom. The molecule has 2 rings (SSSR count). The average molecular weight is 258 g/mol. The van der Waals surface area contributed by atoms with Gasteiger partial charge in [-0.15, -0.1) is 0 Å². The molecule has 1 amide bonds. The van der Waals surface area contributed by atoms with Gasteiger partial charge < -0.3 is 10.3 Å². The summed E-state index contributed by atoms with van der Waals surface area (Å²) >= 11 is 0. The Morgan fingerprint density at radius 2 is 2.24 bits per heavy atom. The highest BCUT2D eigenvalue weighted by Gasteiger charge is 2.29. The molecule has 7 nitrogen and oxygen atoms in total. The van der Waals surface area contributed by atoms with Crippen LogP contribution in [0.2, 0.25) is 0 Å². The Kier molecular flexibility index (Phi) is 3.43. The predicted octanol–water partition coefficient (Wildman–Crippen LogP) is -0.786. The number of hydrogen-bond donors (Lipinski definition) is 3. The SMILES string of the molecule is O=C(NCCNS(=O)(=O)c1cnc[nH]1)C1CC1. The van der Waals surface area contributed by atoms with Crippen molar-refractivity contribution in [2.75, 3.05) is 13.1 Å². The van der Waals surface area contributed by atoms with Crippen LogP contribution in [0.3, 0.4) is 0 Å². The lowest BCUT2D eigenvalue weighted by atomic mass is 10.4. The third kappa shape index (κ3) is 3.27. The maximum atomic E-state index is 11.6. The zero-order valence-corrected chi connectivity index (χ0v) is 9.96. The minimum absolute atomic E-state index is 0.00531. The summed E-state index contributed by atoms with van der Waals surface area (Å²) in [5.41, 5.74) is 0. The van der Waals surface area contributed by atoms with E-state index in [0.717, 1.165) is 12.8 Å². The third-order valence-corrected chi connectivity index (χ3v) is 3.81. The van der Waals surface area contributed by atoms with Crippen LogP contribution in [-0.4, -0.2) is 37.4 Å². The second-order valence-electron chi connectivity index (χ2n) is 3.88. The van der Waals surface area contributed by atoms with E-state index in [4.69, 9.17) is 0 Å². The topological polar surface area (TPSA) is 104 Å². The molecule has 0 radical (unpaired) electrons. The van der Waals surface area contributed by atoms with E-state index in [1.165, 1.54) is 12.5 Å². The van der Waals surface area contributed by atoms with Crippen LogP contribution < -0.4 is 10.0 Å². The van der Waals surface area contributed by atoms with Gasteiger partial charge in [0.1, 0.15) is 0 Å². The highest BCUT2D eigenvalue weighted by atomic mass is 32.2. The second kappa shape index (κ2) is 4.84. The molecule has 1 aliphatic rings. The van der Waals surface area contributed by atoms with Gasteiger partial charge in [0.25, 0.3) is 10.0 Å². The number of aromatic nitrogens is 2. The molecule has 1 fully saturated rings. The van der Waals surface area contributed by atoms with Crippen molar-refractivity contribution in [2.24, 2.45) is 5.92 Å². The molecule has 3 N–H and O–H groups in total. The molecule has 0 aromatic carbocycles. The lowest BCUT2D eigenvalue weighted by Gasteiger charge is -2.05. The van der Waals surface area contributed by atoms with E-state index in [1.807, 2.05) is 0 Å². The summed E-state index contributed by atoms with van der Waals surface area (Å²) in [7, 11) is -3.54. The number of imidazole rings is 1. The number of rotatable bonds is 6. The molecule has 1 heterocycles. The number of aromatic amines is 1. The minimum Gasteiger partial charge on any atom is -0.355 e. The van der Waals surface area contributed by atoms with Crippen molar-refractivity contribution in [1.82, 2.24) is 20.0 Å². The molecule has 1 saturated carbocycles. The fourth-order valence-electron chi connectivity index (χ4n) is 1.33. The first-order valence-electron chi connectivity index (χ1n) is 5.35. The predicted molar refractivity (Wildman–Crippen MR) is 59.5 cm³/mol. The molecule has 8 heteroatoms. The molecule has 0 unspecified atom stereocenters. The molecule has 0 atom stereocenters. The smallest absolute Gasteiger partial charge is 0.257 e. The van der Waals surface area contributed by atoms with E-state index in [1.54, 1.807) is 0 Å². The van der Waals surface area contributed by atoms with Crippen molar-refractivity contribution in [1.29, 1.82) is 0 Å². The van der Waals surface area contributed by atoms with Gasteiger partial charge in [-0.1, -0.05) is 0 Å². The Labute approximate surface area is 99.1 Å². The molecule has 1 aliphatic carbocycles. The Morgan fingerprint density at radius 3 is 2.82 bits per heavy atom. The van der Waals surface area contributed by atoms with Crippen LogP contribution >= 0.6 is 0 Å². The van der Waals surface area contributed by atoms with Crippen molar-refractivity contribution < 1.29 is 13.2 Å². The summed E-state index contributed by atoms with van der Waals surface area (Å²) in [6.07, 6.45) is 4.39. The highest BCUT2D eigenvalue weighted by Crippen LogP contribution is 2.28. The first kappa shape index (κ1) is 12.1. The fraction of sp³-hybridized carbons (Fsp3) is 0.556. The molecular weight excluding hydrogens is 244 g/mol. The maximum absolute atomic E-state index is 11.6. The van der Waals surface area contributed by atoms with Crippen LogP contribution in [-0.2, 0) is 14.8 Å². The van der Waals surface area contributed by atoms with Crippen LogP contribution in [0.4, 0.5) is 0 Å². The first-order valence-corrected chi connectivity index (χ1v) is 6.83. The van der Waals surface area contributed by atoms with Gasteiger partial charge in [-0.05, 0) is 12.8 Å². The van der Waals surface area contributed by atoms with Gasteiger partial charge >= 0.3 is 0 Å². The monoisotopic (exact) mass is 258 g/mol. The molecule has 0 aliphatic heterocycles. The van der Waals surface area contributed by atoms with Crippen LogP contribution in [0.25, 0.3) is 0 Å². The van der Waals surface area contributed by atoms with E-state index in [2.05, 4.69) is 20.0 Å². The first-order chi connectivity index (χ1) is 8.09. The molecule has 0 bridgehead atoms. The number of H-pyrrole nitrogens is 1. The van der Waals surface area contributed by atoms with Gasteiger partial charge in [0, 0.05) is 19.0 Å². The zero-order valence-electron chi connectivity index (χ0n) is 9.14. The highest BCUT2D eigenvalue weighted by molar-refractivity contribution is 7.89. The van der Waals surface area contributed by atoms with Crippen molar-refractivity contribution in [2.45, 2.75) is 17.9 Å². The van der Waals surface area contributed by atoms with Crippen molar-refractivity contribution in [3.05, 3.63) is 12.5 Å². The fourth-order valence-corrected chi connectivity index (χ4v) is 2.26. The Bertz CT molecular complexity index is 478. The van der Waals surface area contributed by atoms with E-state index < -0.39 is 10.0 Å². The summed E-state index contributed by atoms with van der Waals surface area (Å²) in [4.78, 5) is 17.4. The molecule has 17 heavy (non-hydrogen) atoms. The van der Waals surface area contributed by atoms with E-state index in [0.29, 0.717) is 6.54 Å². The lowest BCUT2D eigenvalue weighted by molar-refractivity contribution is -0.122. The van der Waals surface area contributed by atoms with Crippen molar-refractivity contribution in [3.63, 3.8) is 0 Å². The Hall–Kier alpha value is -1.41. The summed E-state index contributed by atoms with van der Waals surface area (Å²) in [6.45, 7) is 0.461. The van der Waals surface area contributed by atoms with Crippen LogP contribution in [0.5, 0.6) is 0 Å². The molecule has 1 aromatic rings. The minimum atomic E-state index is -3.54. The number of hydrogen-bond acceptors (Lipinski definition) is 4. The van der Waals surface area contributed by atoms with E-state index in [-0.39, 0.29) is 23.4 Å². The van der Waals surface area contributed by atoms with Crippen LogP contribution in [0.15, 0.2) is 17.6 Å². The number of nitrogens with one attached hydrogen (secondary N) is 3. The van der Waals surface area contributed by atoms with Gasteiger partial charge in [0.05, 0.1) is 12.5 Å². The second-order valence-corrected chi connectivity index (χ2v) is 5.61. The quantitative estimate of drug-likeness (QED) is 0.582. The van der Waals surface area contributed by atoms with Crippen molar-refractivity contribution in [3.8, 4) is 0 Å². The van der Waals surface area contributed by atoms with Crippen LogP contribution in [0, 0.1) is 5.92 Å². The normalized spacial score (nSPS) is 15.8. The lowest BCUT2D eigenvalue weighted by Crippen LogP contribution is -2.35. The van der Waals surface area contributed by atoms with Crippen LogP contribution in [0.1, 0.15) is 12.8 Å². The summed E-state index contributed by atoms with van der Waals surface area (Å²) in [5, 5.41) is 2.69.